The lowest BCUT2D eigenvalue weighted by atomic mass is 10.5. The number of thioether (sulfide) groups is 1. The molecule has 2 aromatic heterocycles. The Balaban J connectivity index is 2.30. The summed E-state index contributed by atoms with van der Waals surface area (Å²) in [6.07, 6.45) is 3.67. The van der Waals surface area contributed by atoms with Crippen molar-refractivity contribution < 1.29 is 9.90 Å². The third kappa shape index (κ3) is 2.68. The Morgan fingerprint density at radius 2 is 2.35 bits per heavy atom. The van der Waals surface area contributed by atoms with Crippen molar-refractivity contribution in [2.75, 3.05) is 5.75 Å². The van der Waals surface area contributed by atoms with Gasteiger partial charge in [0, 0.05) is 25.5 Å². The van der Waals surface area contributed by atoms with Gasteiger partial charge in [0.05, 0.1) is 11.4 Å². The molecule has 2 rings (SSSR count). The van der Waals surface area contributed by atoms with Gasteiger partial charge in [-0.15, -0.1) is 0 Å². The van der Waals surface area contributed by atoms with Crippen LogP contribution in [0.25, 0.3) is 5.82 Å². The van der Waals surface area contributed by atoms with Gasteiger partial charge in [-0.2, -0.15) is 5.10 Å². The van der Waals surface area contributed by atoms with Gasteiger partial charge in [-0.3, -0.25) is 14.0 Å². The Morgan fingerprint density at radius 3 is 2.94 bits per heavy atom. The second-order valence-corrected chi connectivity index (χ2v) is 4.51. The van der Waals surface area contributed by atoms with Gasteiger partial charge in [-0.05, 0) is 6.92 Å². The topological polar surface area (TPSA) is 72.9 Å². The fourth-order valence-electron chi connectivity index (χ4n) is 1.40. The molecule has 6 nitrogen and oxygen atoms in total. The molecule has 2 heterocycles. The number of hydrogen-bond donors (Lipinski definition) is 1. The van der Waals surface area contributed by atoms with Gasteiger partial charge in [0.2, 0.25) is 0 Å². The third-order valence-corrected chi connectivity index (χ3v) is 3.00. The first-order chi connectivity index (χ1) is 8.06. The van der Waals surface area contributed by atoms with Gasteiger partial charge < -0.3 is 5.11 Å². The lowest BCUT2D eigenvalue weighted by Gasteiger charge is -2.01. The molecule has 0 saturated carbocycles. The molecule has 0 bridgehead atoms. The summed E-state index contributed by atoms with van der Waals surface area (Å²) in [6.45, 7) is 1.87. The summed E-state index contributed by atoms with van der Waals surface area (Å²) < 4.78 is 3.49. The van der Waals surface area contributed by atoms with Crippen molar-refractivity contribution in [1.29, 1.82) is 0 Å². The van der Waals surface area contributed by atoms with Crippen molar-refractivity contribution in [3.8, 4) is 5.82 Å². The van der Waals surface area contributed by atoms with E-state index in [1.165, 1.54) is 11.8 Å². The summed E-state index contributed by atoms with van der Waals surface area (Å²) in [6, 6.07) is 1.85. The molecule has 0 aliphatic carbocycles. The summed E-state index contributed by atoms with van der Waals surface area (Å²) in [5.41, 5.74) is 0.837. The number of carboxylic acids is 1. The monoisotopic (exact) mass is 252 g/mol. The van der Waals surface area contributed by atoms with E-state index in [2.05, 4.69) is 10.1 Å². The zero-order chi connectivity index (χ0) is 12.4. The number of imidazole rings is 1. The molecule has 2 aromatic rings. The molecule has 0 unspecified atom stereocenters. The van der Waals surface area contributed by atoms with E-state index >= 15 is 0 Å². The number of nitrogens with zero attached hydrogens (tertiary/aromatic N) is 4. The average molecular weight is 252 g/mol. The Bertz CT molecular complexity index is 546. The van der Waals surface area contributed by atoms with Crippen LogP contribution >= 0.6 is 11.8 Å². The average Bonchev–Trinajstić information content (AvgIpc) is 2.81. The summed E-state index contributed by atoms with van der Waals surface area (Å²) in [5.74, 6) is -0.132. The van der Waals surface area contributed by atoms with E-state index in [1.807, 2.05) is 32.4 Å². The molecule has 0 fully saturated rings. The molecule has 0 saturated heterocycles. The highest BCUT2D eigenvalue weighted by Gasteiger charge is 2.11. The number of aromatic nitrogens is 4. The SMILES string of the molecule is Cc1cn(-c2ccn(C)n2)c(SCC(=O)O)n1. The fourth-order valence-corrected chi connectivity index (χ4v) is 2.15. The molecule has 0 aliphatic rings. The van der Waals surface area contributed by atoms with Gasteiger partial charge >= 0.3 is 5.97 Å². The van der Waals surface area contributed by atoms with Crippen molar-refractivity contribution in [3.05, 3.63) is 24.2 Å². The quantitative estimate of drug-likeness (QED) is 0.825. The van der Waals surface area contributed by atoms with E-state index in [0.717, 1.165) is 11.5 Å². The predicted octanol–water partition coefficient (Wildman–Crippen LogP) is 1.09. The normalized spacial score (nSPS) is 10.7. The molecule has 0 atom stereocenters. The number of hydrogen-bond acceptors (Lipinski definition) is 4. The standard InChI is InChI=1S/C10H12N4O2S/c1-7-5-14(8-3-4-13(2)12-8)10(11-7)17-6-9(15)16/h3-5H,6H2,1-2H3,(H,15,16). The Kier molecular flexibility index (Phi) is 3.19. The van der Waals surface area contributed by atoms with E-state index in [0.29, 0.717) is 5.16 Å². The van der Waals surface area contributed by atoms with Gasteiger partial charge in [0.1, 0.15) is 0 Å². The third-order valence-electron chi connectivity index (χ3n) is 2.07. The molecule has 0 spiro atoms. The second kappa shape index (κ2) is 4.62. The number of rotatable bonds is 4. The zero-order valence-corrected chi connectivity index (χ0v) is 10.3. The number of carbonyl (C=O) groups is 1. The fraction of sp³-hybridized carbons (Fsp3) is 0.300. The first-order valence-electron chi connectivity index (χ1n) is 4.97. The van der Waals surface area contributed by atoms with Crippen LogP contribution in [-0.4, -0.2) is 36.2 Å². The van der Waals surface area contributed by atoms with Crippen molar-refractivity contribution in [2.24, 2.45) is 7.05 Å². The van der Waals surface area contributed by atoms with Gasteiger partial charge in [-0.1, -0.05) is 11.8 Å². The molecule has 0 radical (unpaired) electrons. The van der Waals surface area contributed by atoms with Crippen LogP contribution in [-0.2, 0) is 11.8 Å². The van der Waals surface area contributed by atoms with Gasteiger partial charge in [0.25, 0.3) is 0 Å². The lowest BCUT2D eigenvalue weighted by molar-refractivity contribution is -0.133. The molecule has 1 N–H and O–H groups in total. The van der Waals surface area contributed by atoms with Crippen LogP contribution in [0.4, 0.5) is 0 Å². The molecule has 0 aromatic carbocycles. The van der Waals surface area contributed by atoms with E-state index in [-0.39, 0.29) is 5.75 Å². The first-order valence-corrected chi connectivity index (χ1v) is 5.95. The van der Waals surface area contributed by atoms with Gasteiger partial charge in [0.15, 0.2) is 11.0 Å². The summed E-state index contributed by atoms with van der Waals surface area (Å²) in [7, 11) is 1.83. The Morgan fingerprint density at radius 1 is 1.59 bits per heavy atom. The highest BCUT2D eigenvalue weighted by molar-refractivity contribution is 7.99. The Labute approximate surface area is 102 Å². The number of aliphatic carboxylic acids is 1. The zero-order valence-electron chi connectivity index (χ0n) is 9.49. The van der Waals surface area contributed by atoms with E-state index in [4.69, 9.17) is 5.11 Å². The second-order valence-electron chi connectivity index (χ2n) is 3.56. The largest absolute Gasteiger partial charge is 0.481 e. The summed E-state index contributed by atoms with van der Waals surface area (Å²) in [5, 5.41) is 13.6. The van der Waals surface area contributed by atoms with Gasteiger partial charge in [-0.25, -0.2) is 4.98 Å². The molecule has 0 amide bonds. The van der Waals surface area contributed by atoms with E-state index < -0.39 is 5.97 Å². The lowest BCUT2D eigenvalue weighted by Crippen LogP contribution is -2.02. The van der Waals surface area contributed by atoms with Crippen LogP contribution < -0.4 is 0 Å². The minimum atomic E-state index is -0.858. The van der Waals surface area contributed by atoms with Crippen molar-refractivity contribution in [2.45, 2.75) is 12.1 Å². The first kappa shape index (κ1) is 11.7. The maximum Gasteiger partial charge on any atom is 0.313 e. The highest BCUT2D eigenvalue weighted by atomic mass is 32.2. The Hall–Kier alpha value is -1.76. The smallest absolute Gasteiger partial charge is 0.313 e. The number of carboxylic acid groups (broad SMARTS) is 1. The molecule has 0 aliphatic heterocycles. The van der Waals surface area contributed by atoms with E-state index in [1.54, 1.807) is 9.25 Å². The minimum Gasteiger partial charge on any atom is -0.481 e. The van der Waals surface area contributed by atoms with E-state index in [9.17, 15) is 4.79 Å². The van der Waals surface area contributed by atoms with Crippen LogP contribution in [0.2, 0.25) is 0 Å². The van der Waals surface area contributed by atoms with Crippen LogP contribution in [0, 0.1) is 6.92 Å². The summed E-state index contributed by atoms with van der Waals surface area (Å²) >= 11 is 1.18. The van der Waals surface area contributed by atoms with Crippen LogP contribution in [0.15, 0.2) is 23.6 Å². The maximum atomic E-state index is 10.6. The molecule has 17 heavy (non-hydrogen) atoms. The maximum absolute atomic E-state index is 10.6. The minimum absolute atomic E-state index is 0.0106. The van der Waals surface area contributed by atoms with Crippen LogP contribution in [0.1, 0.15) is 5.69 Å². The number of aryl methyl sites for hydroxylation is 2. The van der Waals surface area contributed by atoms with Crippen molar-refractivity contribution >= 4 is 17.7 Å². The summed E-state index contributed by atoms with van der Waals surface area (Å²) in [4.78, 5) is 14.8. The van der Waals surface area contributed by atoms with Crippen molar-refractivity contribution in [3.63, 3.8) is 0 Å². The van der Waals surface area contributed by atoms with Crippen molar-refractivity contribution in [1.82, 2.24) is 19.3 Å². The molecular formula is C10H12N4O2S. The van der Waals surface area contributed by atoms with Crippen LogP contribution in [0.3, 0.4) is 0 Å². The molecular weight excluding hydrogens is 240 g/mol. The van der Waals surface area contributed by atoms with Crippen LogP contribution in [0.5, 0.6) is 0 Å². The molecule has 90 valence electrons. The highest BCUT2D eigenvalue weighted by Crippen LogP contribution is 2.20. The molecule has 7 heteroatoms. The predicted molar refractivity (Wildman–Crippen MR) is 63.4 cm³/mol.